The number of nitrogens with one attached hydrogen (secondary N) is 1. The number of anilines is 1. The molecule has 0 saturated heterocycles. The van der Waals surface area contributed by atoms with E-state index in [1.807, 2.05) is 12.1 Å². The number of halogens is 1. The minimum atomic E-state index is -0.689. The zero-order valence-electron chi connectivity index (χ0n) is 15.3. The van der Waals surface area contributed by atoms with Crippen LogP contribution in [0.15, 0.2) is 66.9 Å². The highest BCUT2D eigenvalue weighted by Gasteiger charge is 2.20. The Morgan fingerprint density at radius 1 is 1.00 bits per heavy atom. The molecule has 0 saturated carbocycles. The van der Waals surface area contributed by atoms with Crippen molar-refractivity contribution in [2.24, 2.45) is 0 Å². The molecule has 0 atom stereocenters. The summed E-state index contributed by atoms with van der Waals surface area (Å²) in [5, 5.41) is 2.64. The Bertz CT molecular complexity index is 941. The van der Waals surface area contributed by atoms with Crippen molar-refractivity contribution in [2.45, 2.75) is 26.3 Å². The summed E-state index contributed by atoms with van der Waals surface area (Å²) in [6.45, 7) is 4.56. The molecule has 0 radical (unpaired) electrons. The predicted molar refractivity (Wildman–Crippen MR) is 103 cm³/mol. The van der Waals surface area contributed by atoms with E-state index in [1.54, 1.807) is 47.2 Å². The second-order valence-electron chi connectivity index (χ2n) is 6.71. The number of aromatic nitrogens is 1. The first-order chi connectivity index (χ1) is 12.9. The lowest BCUT2D eigenvalue weighted by Gasteiger charge is -2.10. The summed E-state index contributed by atoms with van der Waals surface area (Å²) in [5.74, 6) is -1.22. The molecule has 1 amide bonds. The highest BCUT2D eigenvalue weighted by Crippen LogP contribution is 2.17. The molecule has 4 nitrogen and oxygen atoms in total. The number of rotatable bonds is 6. The maximum Gasteiger partial charge on any atom is 0.298 e. The van der Waals surface area contributed by atoms with Gasteiger partial charge >= 0.3 is 0 Å². The second-order valence-corrected chi connectivity index (χ2v) is 6.71. The fourth-order valence-electron chi connectivity index (χ4n) is 2.80. The Kier molecular flexibility index (Phi) is 5.50. The number of hydrogen-bond donors (Lipinski definition) is 1. The van der Waals surface area contributed by atoms with Crippen LogP contribution in [0.25, 0.3) is 0 Å². The molecule has 0 spiro atoms. The van der Waals surface area contributed by atoms with Gasteiger partial charge in [-0.3, -0.25) is 9.59 Å². The van der Waals surface area contributed by atoms with Crippen LogP contribution in [0, 0.1) is 5.82 Å². The van der Waals surface area contributed by atoms with Gasteiger partial charge in [0.05, 0.1) is 5.69 Å². The van der Waals surface area contributed by atoms with Crippen molar-refractivity contribution in [1.82, 2.24) is 4.57 Å². The van der Waals surface area contributed by atoms with Gasteiger partial charge < -0.3 is 9.88 Å². The number of carbonyl (C=O) groups excluding carboxylic acids is 2. The summed E-state index contributed by atoms with van der Waals surface area (Å²) in [6.07, 6.45) is 1.72. The second kappa shape index (κ2) is 7.99. The standard InChI is InChI=1S/C22H21FN2O2/c1-15(2)17-7-11-19(12-8-17)24-22(27)21(26)20-4-3-13-25(20)14-16-5-9-18(23)10-6-16/h3-13,15H,14H2,1-2H3,(H,24,27). The normalized spacial score (nSPS) is 10.8. The van der Waals surface area contributed by atoms with E-state index in [9.17, 15) is 14.0 Å². The van der Waals surface area contributed by atoms with Gasteiger partial charge in [0, 0.05) is 18.4 Å². The smallest absolute Gasteiger partial charge is 0.298 e. The first-order valence-electron chi connectivity index (χ1n) is 8.79. The molecule has 5 heteroatoms. The Morgan fingerprint density at radius 2 is 1.67 bits per heavy atom. The Morgan fingerprint density at radius 3 is 2.30 bits per heavy atom. The lowest BCUT2D eigenvalue weighted by atomic mass is 10.0. The summed E-state index contributed by atoms with van der Waals surface area (Å²) < 4.78 is 14.7. The van der Waals surface area contributed by atoms with Crippen LogP contribution < -0.4 is 5.32 Å². The average Bonchev–Trinajstić information content (AvgIpc) is 3.11. The minimum Gasteiger partial charge on any atom is -0.340 e. The van der Waals surface area contributed by atoms with E-state index in [-0.39, 0.29) is 11.5 Å². The first kappa shape index (κ1) is 18.6. The van der Waals surface area contributed by atoms with Crippen LogP contribution in [0.3, 0.4) is 0 Å². The molecule has 27 heavy (non-hydrogen) atoms. The molecule has 3 aromatic rings. The highest BCUT2D eigenvalue weighted by atomic mass is 19.1. The lowest BCUT2D eigenvalue weighted by Crippen LogP contribution is -2.25. The number of ketones is 1. The van der Waals surface area contributed by atoms with E-state index < -0.39 is 11.7 Å². The fraction of sp³-hybridized carbons (Fsp3) is 0.182. The van der Waals surface area contributed by atoms with Gasteiger partial charge in [0.25, 0.3) is 11.7 Å². The molecule has 2 aromatic carbocycles. The van der Waals surface area contributed by atoms with Crippen LogP contribution in [0.5, 0.6) is 0 Å². The number of carbonyl (C=O) groups is 2. The van der Waals surface area contributed by atoms with E-state index in [0.717, 1.165) is 11.1 Å². The summed E-state index contributed by atoms with van der Waals surface area (Å²) >= 11 is 0. The molecule has 138 valence electrons. The number of hydrogen-bond acceptors (Lipinski definition) is 2. The van der Waals surface area contributed by atoms with Crippen molar-refractivity contribution in [3.8, 4) is 0 Å². The van der Waals surface area contributed by atoms with E-state index in [0.29, 0.717) is 18.2 Å². The van der Waals surface area contributed by atoms with E-state index in [4.69, 9.17) is 0 Å². The molecular formula is C22H21FN2O2. The van der Waals surface area contributed by atoms with Gasteiger partial charge in [0.1, 0.15) is 5.82 Å². The van der Waals surface area contributed by atoms with Crippen LogP contribution in [-0.2, 0) is 11.3 Å². The molecule has 3 rings (SSSR count). The molecule has 0 fully saturated rings. The Balaban J connectivity index is 1.71. The number of nitrogens with zero attached hydrogens (tertiary/aromatic N) is 1. The molecule has 1 aromatic heterocycles. The molecule has 0 bridgehead atoms. The van der Waals surface area contributed by atoms with Crippen molar-refractivity contribution in [2.75, 3.05) is 5.32 Å². The molecule has 0 unspecified atom stereocenters. The molecule has 1 N–H and O–H groups in total. The molecule has 0 aliphatic carbocycles. The maximum atomic E-state index is 13.0. The third kappa shape index (κ3) is 4.50. The largest absolute Gasteiger partial charge is 0.340 e. The van der Waals surface area contributed by atoms with Crippen molar-refractivity contribution >= 4 is 17.4 Å². The van der Waals surface area contributed by atoms with Gasteiger partial charge in [-0.25, -0.2) is 4.39 Å². The molecule has 1 heterocycles. The van der Waals surface area contributed by atoms with E-state index in [2.05, 4.69) is 19.2 Å². The summed E-state index contributed by atoms with van der Waals surface area (Å²) in [7, 11) is 0. The zero-order chi connectivity index (χ0) is 19.4. The van der Waals surface area contributed by atoms with Crippen molar-refractivity contribution < 1.29 is 14.0 Å². The van der Waals surface area contributed by atoms with E-state index in [1.165, 1.54) is 12.1 Å². The van der Waals surface area contributed by atoms with E-state index >= 15 is 0 Å². The Labute approximate surface area is 157 Å². The van der Waals surface area contributed by atoms with Gasteiger partial charge in [-0.1, -0.05) is 38.1 Å². The van der Waals surface area contributed by atoms with Crippen molar-refractivity contribution in [3.63, 3.8) is 0 Å². The summed E-state index contributed by atoms with van der Waals surface area (Å²) in [6, 6.07) is 16.8. The van der Waals surface area contributed by atoms with Gasteiger partial charge in [-0.15, -0.1) is 0 Å². The molecule has 0 aliphatic rings. The van der Waals surface area contributed by atoms with Crippen LogP contribution >= 0.6 is 0 Å². The predicted octanol–water partition coefficient (Wildman–Crippen LogP) is 4.62. The average molecular weight is 364 g/mol. The molecular weight excluding hydrogens is 343 g/mol. The van der Waals surface area contributed by atoms with Crippen molar-refractivity contribution in [3.05, 3.63) is 89.5 Å². The Hall–Kier alpha value is -3.21. The SMILES string of the molecule is CC(C)c1ccc(NC(=O)C(=O)c2cccn2Cc2ccc(F)cc2)cc1. The molecule has 0 aliphatic heterocycles. The van der Waals surface area contributed by atoms with Crippen LogP contribution in [0.1, 0.15) is 41.4 Å². The highest BCUT2D eigenvalue weighted by molar-refractivity contribution is 6.46. The fourth-order valence-corrected chi connectivity index (χ4v) is 2.80. The maximum absolute atomic E-state index is 13.0. The zero-order valence-corrected chi connectivity index (χ0v) is 15.3. The van der Waals surface area contributed by atoms with Gasteiger partial charge in [-0.05, 0) is 53.4 Å². The quantitative estimate of drug-likeness (QED) is 0.512. The number of amides is 1. The monoisotopic (exact) mass is 364 g/mol. The van der Waals surface area contributed by atoms with Gasteiger partial charge in [0.15, 0.2) is 0 Å². The van der Waals surface area contributed by atoms with Crippen LogP contribution in [-0.4, -0.2) is 16.3 Å². The number of Topliss-reactive ketones (excluding diaryl/α,β-unsaturated/α-hetero) is 1. The van der Waals surface area contributed by atoms with Gasteiger partial charge in [0.2, 0.25) is 0 Å². The number of benzene rings is 2. The lowest BCUT2D eigenvalue weighted by molar-refractivity contribution is -0.112. The summed E-state index contributed by atoms with van der Waals surface area (Å²) in [4.78, 5) is 24.9. The summed E-state index contributed by atoms with van der Waals surface area (Å²) in [5.41, 5.74) is 2.86. The third-order valence-electron chi connectivity index (χ3n) is 4.37. The van der Waals surface area contributed by atoms with Gasteiger partial charge in [-0.2, -0.15) is 0 Å². The van der Waals surface area contributed by atoms with Crippen LogP contribution in [0.2, 0.25) is 0 Å². The topological polar surface area (TPSA) is 51.1 Å². The first-order valence-corrected chi connectivity index (χ1v) is 8.79. The third-order valence-corrected chi connectivity index (χ3v) is 4.37. The van der Waals surface area contributed by atoms with Crippen LogP contribution in [0.4, 0.5) is 10.1 Å². The minimum absolute atomic E-state index is 0.288. The van der Waals surface area contributed by atoms with Crippen molar-refractivity contribution in [1.29, 1.82) is 0 Å².